The molecule has 0 saturated carbocycles. The lowest BCUT2D eigenvalue weighted by Gasteiger charge is -2.22. The third-order valence-corrected chi connectivity index (χ3v) is 5.13. The maximum atomic E-state index is 12.6. The van der Waals surface area contributed by atoms with E-state index in [-0.39, 0.29) is 24.8 Å². The summed E-state index contributed by atoms with van der Waals surface area (Å²) in [7, 11) is 0. The molecule has 1 aliphatic heterocycles. The van der Waals surface area contributed by atoms with E-state index in [4.69, 9.17) is 5.11 Å². The Bertz CT molecular complexity index is 1030. The van der Waals surface area contributed by atoms with Gasteiger partial charge in [0.25, 0.3) is 0 Å². The quantitative estimate of drug-likeness (QED) is 0.733. The molecule has 136 valence electrons. The second-order valence-corrected chi connectivity index (χ2v) is 7.00. The SMILES string of the molecule is O=C(O)CCC(=O)N1N=C(c2ccsc2)C[C@@H]1c1ccc2nccnc2c1. The minimum atomic E-state index is -0.998. The molecule has 1 aromatic carbocycles. The van der Waals surface area contributed by atoms with E-state index in [1.807, 2.05) is 35.0 Å². The molecule has 3 heterocycles. The predicted molar refractivity (Wildman–Crippen MR) is 101 cm³/mol. The van der Waals surface area contributed by atoms with E-state index >= 15 is 0 Å². The summed E-state index contributed by atoms with van der Waals surface area (Å²) in [5, 5.41) is 18.8. The fourth-order valence-corrected chi connectivity index (χ4v) is 3.78. The van der Waals surface area contributed by atoms with E-state index in [0.29, 0.717) is 6.42 Å². The van der Waals surface area contributed by atoms with Crippen molar-refractivity contribution in [3.63, 3.8) is 0 Å². The number of carboxylic acids is 1. The molecule has 0 unspecified atom stereocenters. The van der Waals surface area contributed by atoms with Gasteiger partial charge in [-0.15, -0.1) is 0 Å². The lowest BCUT2D eigenvalue weighted by Crippen LogP contribution is -2.27. The average Bonchev–Trinajstić information content (AvgIpc) is 3.35. The number of carboxylic acid groups (broad SMARTS) is 1. The molecule has 0 aliphatic carbocycles. The number of hydrazone groups is 1. The number of carbonyl (C=O) groups excluding carboxylic acids is 1. The first-order valence-corrected chi connectivity index (χ1v) is 9.40. The van der Waals surface area contributed by atoms with Crippen LogP contribution in [0, 0.1) is 0 Å². The van der Waals surface area contributed by atoms with Crippen molar-refractivity contribution in [1.82, 2.24) is 15.0 Å². The highest BCUT2D eigenvalue weighted by molar-refractivity contribution is 7.08. The molecule has 0 fully saturated rings. The lowest BCUT2D eigenvalue weighted by molar-refractivity contribution is -0.141. The van der Waals surface area contributed by atoms with Crippen molar-refractivity contribution in [3.05, 3.63) is 58.5 Å². The van der Waals surface area contributed by atoms with Crippen LogP contribution in [-0.4, -0.2) is 37.7 Å². The number of fused-ring (bicyclic) bond motifs is 1. The van der Waals surface area contributed by atoms with Crippen LogP contribution >= 0.6 is 11.3 Å². The van der Waals surface area contributed by atoms with Crippen molar-refractivity contribution in [2.24, 2.45) is 5.10 Å². The van der Waals surface area contributed by atoms with Gasteiger partial charge in [-0.25, -0.2) is 5.01 Å². The Hall–Kier alpha value is -3.13. The molecule has 2 aromatic heterocycles. The number of carbonyl (C=O) groups is 2. The monoisotopic (exact) mass is 380 g/mol. The first-order valence-electron chi connectivity index (χ1n) is 8.46. The maximum Gasteiger partial charge on any atom is 0.303 e. The third kappa shape index (κ3) is 3.56. The molecule has 1 aliphatic rings. The zero-order valence-corrected chi connectivity index (χ0v) is 15.1. The number of hydrogen-bond donors (Lipinski definition) is 1. The number of benzene rings is 1. The van der Waals surface area contributed by atoms with Crippen molar-refractivity contribution in [1.29, 1.82) is 0 Å². The molecule has 1 N–H and O–H groups in total. The Morgan fingerprint density at radius 2 is 1.96 bits per heavy atom. The molecular weight excluding hydrogens is 364 g/mol. The zero-order valence-electron chi connectivity index (χ0n) is 14.3. The molecule has 3 aromatic rings. The van der Waals surface area contributed by atoms with Gasteiger partial charge in [0, 0.05) is 30.8 Å². The highest BCUT2D eigenvalue weighted by atomic mass is 32.1. The molecule has 1 atom stereocenters. The minimum absolute atomic E-state index is 0.0837. The summed E-state index contributed by atoms with van der Waals surface area (Å²) >= 11 is 1.57. The normalized spacial score (nSPS) is 16.5. The lowest BCUT2D eigenvalue weighted by atomic mass is 9.99. The van der Waals surface area contributed by atoms with Crippen LogP contribution in [0.25, 0.3) is 11.0 Å². The third-order valence-electron chi connectivity index (χ3n) is 4.45. The topological polar surface area (TPSA) is 95.8 Å². The summed E-state index contributed by atoms with van der Waals surface area (Å²) in [6.45, 7) is 0. The summed E-state index contributed by atoms with van der Waals surface area (Å²) in [5.74, 6) is -1.30. The van der Waals surface area contributed by atoms with Gasteiger partial charge >= 0.3 is 5.97 Å². The second kappa shape index (κ2) is 7.24. The fraction of sp³-hybridized carbons (Fsp3) is 0.211. The Balaban J connectivity index is 1.67. The number of nitrogens with zero attached hydrogens (tertiary/aromatic N) is 4. The molecule has 7 nitrogen and oxygen atoms in total. The Kier molecular flexibility index (Phi) is 4.64. The summed E-state index contributed by atoms with van der Waals surface area (Å²) < 4.78 is 0. The van der Waals surface area contributed by atoms with Gasteiger partial charge in [-0.05, 0) is 34.5 Å². The van der Waals surface area contributed by atoms with Crippen molar-refractivity contribution in [3.8, 4) is 0 Å². The average molecular weight is 380 g/mol. The van der Waals surface area contributed by atoms with E-state index < -0.39 is 5.97 Å². The van der Waals surface area contributed by atoms with E-state index in [1.165, 1.54) is 5.01 Å². The van der Waals surface area contributed by atoms with Gasteiger partial charge in [0.15, 0.2) is 0 Å². The van der Waals surface area contributed by atoms with Crippen LogP contribution in [-0.2, 0) is 9.59 Å². The Morgan fingerprint density at radius 3 is 2.70 bits per heavy atom. The summed E-state index contributed by atoms with van der Waals surface area (Å²) in [4.78, 5) is 32.1. The molecule has 4 rings (SSSR count). The molecule has 8 heteroatoms. The molecule has 27 heavy (non-hydrogen) atoms. The Labute approximate surface area is 159 Å². The summed E-state index contributed by atoms with van der Waals surface area (Å²) in [5.41, 5.74) is 4.24. The van der Waals surface area contributed by atoms with E-state index in [1.54, 1.807) is 23.7 Å². The van der Waals surface area contributed by atoms with Crippen LogP contribution in [0.4, 0.5) is 0 Å². The smallest absolute Gasteiger partial charge is 0.303 e. The highest BCUT2D eigenvalue weighted by Gasteiger charge is 2.33. The number of hydrogen-bond acceptors (Lipinski definition) is 6. The predicted octanol–water partition coefficient (Wildman–Crippen LogP) is 3.23. The highest BCUT2D eigenvalue weighted by Crippen LogP contribution is 2.34. The number of amides is 1. The summed E-state index contributed by atoms with van der Waals surface area (Å²) in [6.07, 6.45) is 3.54. The second-order valence-electron chi connectivity index (χ2n) is 6.22. The van der Waals surface area contributed by atoms with Gasteiger partial charge < -0.3 is 5.11 Å². The van der Waals surface area contributed by atoms with Crippen molar-refractivity contribution in [2.45, 2.75) is 25.3 Å². The minimum Gasteiger partial charge on any atom is -0.481 e. The van der Waals surface area contributed by atoms with Gasteiger partial charge in [0.1, 0.15) is 0 Å². The van der Waals surface area contributed by atoms with Crippen LogP contribution in [0.15, 0.2) is 52.5 Å². The van der Waals surface area contributed by atoms with Crippen molar-refractivity contribution in [2.75, 3.05) is 0 Å². The number of thiophene rings is 1. The zero-order chi connectivity index (χ0) is 18.8. The Morgan fingerprint density at radius 1 is 1.15 bits per heavy atom. The van der Waals surface area contributed by atoms with E-state index in [2.05, 4.69) is 15.1 Å². The number of aromatic nitrogens is 2. The van der Waals surface area contributed by atoms with Gasteiger partial charge in [0.2, 0.25) is 5.91 Å². The van der Waals surface area contributed by atoms with Gasteiger partial charge in [-0.3, -0.25) is 19.6 Å². The van der Waals surface area contributed by atoms with Crippen LogP contribution in [0.5, 0.6) is 0 Å². The number of aliphatic carboxylic acids is 1. The first kappa shape index (κ1) is 17.3. The van der Waals surface area contributed by atoms with Crippen molar-refractivity contribution >= 4 is 40.0 Å². The van der Waals surface area contributed by atoms with Crippen LogP contribution in [0.2, 0.25) is 0 Å². The van der Waals surface area contributed by atoms with Crippen LogP contribution < -0.4 is 0 Å². The molecule has 1 amide bonds. The summed E-state index contributed by atoms with van der Waals surface area (Å²) in [6, 6.07) is 7.40. The molecule has 0 radical (unpaired) electrons. The van der Waals surface area contributed by atoms with Crippen LogP contribution in [0.3, 0.4) is 0 Å². The molecular formula is C19H16N4O3S. The van der Waals surface area contributed by atoms with Crippen molar-refractivity contribution < 1.29 is 14.7 Å². The van der Waals surface area contributed by atoms with E-state index in [9.17, 15) is 9.59 Å². The van der Waals surface area contributed by atoms with Gasteiger partial charge in [-0.2, -0.15) is 16.4 Å². The molecule has 0 saturated heterocycles. The standard InChI is InChI=1S/C19H16N4O3S/c24-18(3-4-19(25)26)23-17(10-15(22-23)13-5-8-27-11-13)12-1-2-14-16(9-12)21-7-6-20-14/h1-2,5-9,11,17H,3-4,10H2,(H,25,26)/t17-/m1/s1. The molecule has 0 spiro atoms. The fourth-order valence-electron chi connectivity index (χ4n) is 3.12. The van der Waals surface area contributed by atoms with E-state index in [0.717, 1.165) is 27.9 Å². The number of rotatable bonds is 5. The maximum absolute atomic E-state index is 12.6. The first-order chi connectivity index (χ1) is 13.1. The van der Waals surface area contributed by atoms with Crippen LogP contribution in [0.1, 0.15) is 36.4 Å². The molecule has 0 bridgehead atoms. The van der Waals surface area contributed by atoms with Gasteiger partial charge in [0.05, 0.1) is 29.2 Å². The largest absolute Gasteiger partial charge is 0.481 e. The van der Waals surface area contributed by atoms with Gasteiger partial charge in [-0.1, -0.05) is 6.07 Å².